The molecule has 1 aliphatic carbocycles. The van der Waals surface area contributed by atoms with E-state index in [1.807, 2.05) is 0 Å². The maximum atomic E-state index is 6.26. The fourth-order valence-corrected chi connectivity index (χ4v) is 11.0. The van der Waals surface area contributed by atoms with Crippen molar-refractivity contribution in [1.29, 1.82) is 0 Å². The van der Waals surface area contributed by atoms with E-state index >= 15 is 0 Å². The molecule has 0 unspecified atom stereocenters. The molecule has 0 saturated heterocycles. The first-order chi connectivity index (χ1) is 5.86. The summed E-state index contributed by atoms with van der Waals surface area (Å²) in [6.07, 6.45) is 3.07. The molecule has 1 fully saturated rings. The van der Waals surface area contributed by atoms with Crippen molar-refractivity contribution in [2.24, 2.45) is 0 Å². The van der Waals surface area contributed by atoms with Gasteiger partial charge < -0.3 is 0 Å². The van der Waals surface area contributed by atoms with Crippen LogP contribution in [-0.2, 0) is 0 Å². The molecule has 1 rings (SSSR count). The Kier molecular flexibility index (Phi) is 4.79. The molecule has 0 atom stereocenters. The average Bonchev–Trinajstić information content (AvgIpc) is 2.04. The lowest BCUT2D eigenvalue weighted by Gasteiger charge is -2.33. The second kappa shape index (κ2) is 4.81. The lowest BCUT2D eigenvalue weighted by Crippen LogP contribution is -2.47. The molecule has 0 aromatic carbocycles. The summed E-state index contributed by atoms with van der Waals surface area (Å²) < 4.78 is 0. The molecule has 13 heavy (non-hydrogen) atoms. The van der Waals surface area contributed by atoms with Crippen LogP contribution in [0.15, 0.2) is 0 Å². The molecule has 0 aliphatic heterocycles. The van der Waals surface area contributed by atoms with Crippen LogP contribution < -0.4 is 0 Å². The van der Waals surface area contributed by atoms with Gasteiger partial charge in [0.05, 0.1) is 0 Å². The zero-order valence-corrected chi connectivity index (χ0v) is 12.8. The molecule has 0 heterocycles. The Morgan fingerprint density at radius 3 is 1.62 bits per heavy atom. The second-order valence-corrected chi connectivity index (χ2v) is 26.9. The Balaban J connectivity index is 2.67. The van der Waals surface area contributed by atoms with Crippen molar-refractivity contribution >= 4 is 67.1 Å². The highest BCUT2D eigenvalue weighted by Crippen LogP contribution is 2.50. The van der Waals surface area contributed by atoms with Crippen molar-refractivity contribution in [3.05, 3.63) is 0 Å². The van der Waals surface area contributed by atoms with Gasteiger partial charge in [0, 0.05) is 0 Å². The third kappa shape index (κ3) is 3.17. The van der Waals surface area contributed by atoms with Gasteiger partial charge >= 0.3 is 5.52 Å². The molecule has 0 N–H and O–H groups in total. The van der Waals surface area contributed by atoms with Crippen LogP contribution in [0.5, 0.6) is 0 Å². The van der Waals surface area contributed by atoms with Gasteiger partial charge in [0.25, 0.3) is 6.21 Å². The van der Waals surface area contributed by atoms with Crippen LogP contribution >= 0.6 is 55.4 Å². The predicted octanol–water partition coefficient (Wildman–Crippen LogP) is 4.97. The molecule has 0 amide bonds. The summed E-state index contributed by atoms with van der Waals surface area (Å²) >= 11 is 30.3. The Bertz CT molecular complexity index is 172. The third-order valence-electron chi connectivity index (χ3n) is 2.50. The quantitative estimate of drug-likeness (QED) is 0.498. The second-order valence-electron chi connectivity index (χ2n) is 3.46. The van der Waals surface area contributed by atoms with E-state index in [-0.39, 0.29) is 0 Å². The Morgan fingerprint density at radius 1 is 0.769 bits per heavy atom. The maximum Gasteiger partial charge on any atom is 0.359 e. The molecule has 0 radical (unpaired) electrons. The molecule has 0 nitrogen and oxygen atoms in total. The summed E-state index contributed by atoms with van der Waals surface area (Å²) in [7, 11) is 0. The Morgan fingerprint density at radius 2 is 1.23 bits per heavy atom. The number of hydrogen-bond acceptors (Lipinski definition) is 0. The molecular weight excluding hydrogens is 306 g/mol. The highest BCUT2D eigenvalue weighted by Gasteiger charge is 2.57. The lowest BCUT2D eigenvalue weighted by atomic mass is 10.0. The van der Waals surface area contributed by atoms with Crippen LogP contribution in [-0.4, -0.2) is 11.7 Å². The van der Waals surface area contributed by atoms with Gasteiger partial charge in [-0.3, -0.25) is 0 Å². The topological polar surface area (TPSA) is 0 Å². The molecule has 0 bridgehead atoms. The van der Waals surface area contributed by atoms with E-state index in [1.54, 1.807) is 0 Å². The van der Waals surface area contributed by atoms with Gasteiger partial charge in [0.15, 0.2) is 0 Å². The zero-order valence-electron chi connectivity index (χ0n) is 7.00. The van der Waals surface area contributed by atoms with E-state index in [1.165, 1.54) is 19.3 Å². The molecule has 78 valence electrons. The molecule has 7 heteroatoms. The van der Waals surface area contributed by atoms with E-state index in [9.17, 15) is 0 Å². The van der Waals surface area contributed by atoms with Crippen molar-refractivity contribution in [1.82, 2.24) is 0 Å². The smallest absolute Gasteiger partial charge is 0.145 e. The zero-order chi connectivity index (χ0) is 10.1. The summed E-state index contributed by atoms with van der Waals surface area (Å²) in [5.41, 5.74) is -2.59. The number of halogens is 5. The first-order valence-electron chi connectivity index (χ1n) is 4.30. The van der Waals surface area contributed by atoms with Gasteiger partial charge in [-0.15, -0.1) is 55.4 Å². The Labute approximate surface area is 104 Å². The minimum Gasteiger partial charge on any atom is -0.145 e. The third-order valence-corrected chi connectivity index (χ3v) is 28.6. The molecule has 0 aromatic rings. The van der Waals surface area contributed by atoms with Crippen molar-refractivity contribution in [2.75, 3.05) is 0 Å². The predicted molar refractivity (Wildman–Crippen MR) is 67.6 cm³/mol. The molecule has 0 spiro atoms. The van der Waals surface area contributed by atoms with Crippen LogP contribution in [0.25, 0.3) is 0 Å². The highest BCUT2D eigenvalue weighted by molar-refractivity contribution is 8.02. The number of rotatable bonds is 2. The summed E-state index contributed by atoms with van der Waals surface area (Å²) in [5, 5.41) is 0. The van der Waals surface area contributed by atoms with Crippen LogP contribution in [0.1, 0.15) is 32.1 Å². The van der Waals surface area contributed by atoms with Crippen LogP contribution in [0.2, 0.25) is 5.54 Å². The molecular formula is C6H11Cl5Si2. The van der Waals surface area contributed by atoms with Gasteiger partial charge in [0.1, 0.15) is 0 Å². The monoisotopic (exact) mass is 314 g/mol. The molecule has 0 aromatic heterocycles. The van der Waals surface area contributed by atoms with Crippen molar-refractivity contribution in [2.45, 2.75) is 37.6 Å². The minimum absolute atomic E-state index is 0.295. The van der Waals surface area contributed by atoms with Crippen molar-refractivity contribution in [3.8, 4) is 0 Å². The lowest BCUT2D eigenvalue weighted by molar-refractivity contribution is 0.500. The molecule has 1 saturated carbocycles. The fraction of sp³-hybridized carbons (Fsp3) is 1.00. The Hall–Kier alpha value is 1.88. The number of hydrogen-bond donors (Lipinski definition) is 0. The largest absolute Gasteiger partial charge is 0.359 e. The van der Waals surface area contributed by atoms with Gasteiger partial charge in [-0.05, 0) is 5.54 Å². The average molecular weight is 317 g/mol. The van der Waals surface area contributed by atoms with Gasteiger partial charge in [-0.25, -0.2) is 0 Å². The van der Waals surface area contributed by atoms with Crippen molar-refractivity contribution < 1.29 is 0 Å². The summed E-state index contributed by atoms with van der Waals surface area (Å²) in [4.78, 5) is 0. The maximum absolute atomic E-state index is 6.26. The van der Waals surface area contributed by atoms with Gasteiger partial charge in [0.2, 0.25) is 0 Å². The summed E-state index contributed by atoms with van der Waals surface area (Å²) in [6.45, 7) is 0. The van der Waals surface area contributed by atoms with Crippen molar-refractivity contribution in [3.63, 3.8) is 0 Å². The van der Waals surface area contributed by atoms with Crippen LogP contribution in [0.4, 0.5) is 0 Å². The first-order valence-corrected chi connectivity index (χ1v) is 14.4. The fourth-order valence-electron chi connectivity index (χ4n) is 1.70. The van der Waals surface area contributed by atoms with E-state index < -0.39 is 11.7 Å². The molecule has 1 aliphatic rings. The van der Waals surface area contributed by atoms with Crippen LogP contribution in [0, 0.1) is 0 Å². The highest BCUT2D eigenvalue weighted by atomic mass is 35.9. The minimum atomic E-state index is -2.89. The van der Waals surface area contributed by atoms with Gasteiger partial charge in [-0.1, -0.05) is 32.1 Å². The van der Waals surface area contributed by atoms with E-state index in [0.717, 1.165) is 12.8 Å². The van der Waals surface area contributed by atoms with Crippen LogP contribution in [0.3, 0.4) is 0 Å². The first kappa shape index (κ1) is 13.0. The van der Waals surface area contributed by atoms with E-state index in [0.29, 0.717) is 5.54 Å². The summed E-state index contributed by atoms with van der Waals surface area (Å²) in [5.74, 6) is 0. The standard InChI is InChI=1S/C6H11Cl5Si2/c7-12(8,13(9,10)11)6-4-2-1-3-5-6/h6H,1-5H2. The normalized spacial score (nSPS) is 21.9. The van der Waals surface area contributed by atoms with E-state index in [2.05, 4.69) is 0 Å². The van der Waals surface area contributed by atoms with Gasteiger partial charge in [-0.2, -0.15) is 0 Å². The SMILES string of the molecule is Cl[Si](Cl)(Cl)[Si](Cl)(Cl)C1CCCCC1. The summed E-state index contributed by atoms with van der Waals surface area (Å²) in [6, 6.07) is 0. The van der Waals surface area contributed by atoms with E-state index in [4.69, 9.17) is 55.4 Å².